The summed E-state index contributed by atoms with van der Waals surface area (Å²) in [6, 6.07) is 0. The van der Waals surface area contributed by atoms with Gasteiger partial charge in [0, 0.05) is 17.4 Å². The van der Waals surface area contributed by atoms with E-state index in [0.717, 1.165) is 0 Å². The minimum Gasteiger partial charge on any atom is -0.457 e. The van der Waals surface area contributed by atoms with Gasteiger partial charge in [-0.05, 0) is 12.8 Å². The summed E-state index contributed by atoms with van der Waals surface area (Å²) in [7, 11) is 0. The van der Waals surface area contributed by atoms with Gasteiger partial charge in [-0.3, -0.25) is 4.79 Å². The summed E-state index contributed by atoms with van der Waals surface area (Å²) >= 11 is 0. The molecule has 4 aliphatic rings. The van der Waals surface area contributed by atoms with Gasteiger partial charge in [0.15, 0.2) is 0 Å². The highest BCUT2D eigenvalue weighted by Gasteiger charge is 2.65. The molecule has 1 heterocycles. The predicted octanol–water partition coefficient (Wildman–Crippen LogP) is 1.86. The molecule has 0 N–H and O–H groups in total. The molecule has 0 aromatic heterocycles. The van der Waals surface area contributed by atoms with E-state index in [1.165, 1.54) is 6.08 Å². The van der Waals surface area contributed by atoms with Crippen molar-refractivity contribution in [3.8, 4) is 0 Å². The lowest BCUT2D eigenvalue weighted by atomic mass is 9.54. The van der Waals surface area contributed by atoms with Gasteiger partial charge >= 0.3 is 11.9 Å². The summed E-state index contributed by atoms with van der Waals surface area (Å²) in [5.74, 6) is -0.439. The molecule has 1 saturated carbocycles. The van der Waals surface area contributed by atoms with Crippen LogP contribution in [0.2, 0.25) is 0 Å². The molecule has 4 nitrogen and oxygen atoms in total. The van der Waals surface area contributed by atoms with Crippen LogP contribution in [0.1, 0.15) is 20.8 Å². The van der Waals surface area contributed by atoms with Gasteiger partial charge in [-0.2, -0.15) is 0 Å². The Labute approximate surface area is 112 Å². The first-order chi connectivity index (χ1) is 8.99. The molecule has 1 aliphatic heterocycles. The number of carbonyl (C=O) groups is 2. The molecule has 0 radical (unpaired) electrons. The van der Waals surface area contributed by atoms with Crippen LogP contribution in [0.5, 0.6) is 0 Å². The normalized spacial score (nSPS) is 46.7. The van der Waals surface area contributed by atoms with E-state index in [9.17, 15) is 9.59 Å². The van der Waals surface area contributed by atoms with Crippen molar-refractivity contribution in [2.75, 3.05) is 0 Å². The summed E-state index contributed by atoms with van der Waals surface area (Å²) in [5.41, 5.74) is -0.326. The van der Waals surface area contributed by atoms with Crippen LogP contribution in [0.4, 0.5) is 0 Å². The van der Waals surface area contributed by atoms with E-state index in [2.05, 4.69) is 12.2 Å². The van der Waals surface area contributed by atoms with Gasteiger partial charge in [-0.15, -0.1) is 0 Å². The van der Waals surface area contributed by atoms with Crippen LogP contribution in [0.15, 0.2) is 24.3 Å². The van der Waals surface area contributed by atoms with Gasteiger partial charge in [0.25, 0.3) is 0 Å². The molecular weight excluding hydrogens is 244 g/mol. The molecular formula is C15H18O4. The fourth-order valence-electron chi connectivity index (χ4n) is 3.74. The van der Waals surface area contributed by atoms with E-state index in [0.29, 0.717) is 0 Å². The van der Waals surface area contributed by atoms with Crippen LogP contribution in [0, 0.1) is 23.2 Å². The minimum absolute atomic E-state index is 0.0488. The maximum Gasteiger partial charge on any atom is 0.330 e. The maximum absolute atomic E-state index is 11.9. The van der Waals surface area contributed by atoms with Crippen molar-refractivity contribution in [2.24, 2.45) is 23.2 Å². The van der Waals surface area contributed by atoms with E-state index in [1.807, 2.05) is 13.8 Å². The van der Waals surface area contributed by atoms with Crippen molar-refractivity contribution in [1.29, 1.82) is 0 Å². The average Bonchev–Trinajstić information content (AvgIpc) is 2.66. The van der Waals surface area contributed by atoms with Gasteiger partial charge < -0.3 is 9.47 Å². The number of esters is 2. The molecule has 6 atom stereocenters. The summed E-state index contributed by atoms with van der Waals surface area (Å²) in [6.45, 7) is 5.85. The molecule has 0 aromatic carbocycles. The van der Waals surface area contributed by atoms with Gasteiger partial charge in [0.1, 0.15) is 12.2 Å². The highest BCUT2D eigenvalue weighted by molar-refractivity contribution is 5.82. The molecule has 3 aliphatic carbocycles. The minimum atomic E-state index is -0.385. The summed E-state index contributed by atoms with van der Waals surface area (Å²) < 4.78 is 11.0. The third kappa shape index (κ3) is 1.52. The van der Waals surface area contributed by atoms with E-state index >= 15 is 0 Å². The van der Waals surface area contributed by atoms with Gasteiger partial charge in [-0.25, -0.2) is 4.79 Å². The lowest BCUT2D eigenvalue weighted by molar-refractivity contribution is -0.170. The number of rotatable bonds is 2. The number of carbonyl (C=O) groups excluding carboxylic acids is 2. The van der Waals surface area contributed by atoms with Crippen molar-refractivity contribution in [1.82, 2.24) is 0 Å². The lowest BCUT2D eigenvalue weighted by Gasteiger charge is -2.51. The third-order valence-corrected chi connectivity index (χ3v) is 4.97. The largest absolute Gasteiger partial charge is 0.457 e. The Balaban J connectivity index is 1.96. The van der Waals surface area contributed by atoms with Crippen LogP contribution in [-0.4, -0.2) is 24.1 Å². The first-order valence-electron chi connectivity index (χ1n) is 6.72. The maximum atomic E-state index is 11.9. The van der Waals surface area contributed by atoms with Crippen molar-refractivity contribution in [3.05, 3.63) is 24.3 Å². The van der Waals surface area contributed by atoms with Crippen LogP contribution in [0.25, 0.3) is 0 Å². The molecule has 102 valence electrons. The molecule has 1 saturated heterocycles. The smallest absolute Gasteiger partial charge is 0.330 e. The van der Waals surface area contributed by atoms with E-state index < -0.39 is 0 Å². The molecule has 4 heteroatoms. The van der Waals surface area contributed by atoms with Crippen molar-refractivity contribution >= 4 is 11.9 Å². The molecule has 4 rings (SSSR count). The lowest BCUT2D eigenvalue weighted by Crippen LogP contribution is -2.57. The monoisotopic (exact) mass is 262 g/mol. The van der Waals surface area contributed by atoms with Gasteiger partial charge in [-0.1, -0.05) is 32.1 Å². The Kier molecular flexibility index (Phi) is 2.59. The SMILES string of the molecule is C/C=C/C(=O)O[C@H]1[C@H]2OC(=O)[C@@H]3[C@H]2C=C[C@@]1(C)[C@@H]3C. The highest BCUT2D eigenvalue weighted by Crippen LogP contribution is 2.58. The molecule has 2 fully saturated rings. The topological polar surface area (TPSA) is 52.6 Å². The summed E-state index contributed by atoms with van der Waals surface area (Å²) in [6.07, 6.45) is 6.48. The quantitative estimate of drug-likeness (QED) is 0.433. The van der Waals surface area contributed by atoms with Gasteiger partial charge in [0.2, 0.25) is 0 Å². The Morgan fingerprint density at radius 2 is 2.26 bits per heavy atom. The third-order valence-electron chi connectivity index (χ3n) is 4.97. The molecule has 4 bridgehead atoms. The highest BCUT2D eigenvalue weighted by atomic mass is 16.6. The predicted molar refractivity (Wildman–Crippen MR) is 68.0 cm³/mol. The Hall–Kier alpha value is -1.58. The van der Waals surface area contributed by atoms with Crippen LogP contribution >= 0.6 is 0 Å². The molecule has 0 unspecified atom stereocenters. The Morgan fingerprint density at radius 1 is 1.53 bits per heavy atom. The number of ether oxygens (including phenoxy) is 2. The second-order valence-corrected chi connectivity index (χ2v) is 5.88. The number of allylic oxidation sites excluding steroid dienone is 1. The van der Waals surface area contributed by atoms with Gasteiger partial charge in [0.05, 0.1) is 5.92 Å². The molecule has 19 heavy (non-hydrogen) atoms. The van der Waals surface area contributed by atoms with Crippen LogP contribution in [-0.2, 0) is 19.1 Å². The fraction of sp³-hybridized carbons (Fsp3) is 0.600. The molecule has 0 aromatic rings. The zero-order valence-corrected chi connectivity index (χ0v) is 11.3. The fourth-order valence-corrected chi connectivity index (χ4v) is 3.74. The average molecular weight is 262 g/mol. The molecule has 0 spiro atoms. The molecule has 0 amide bonds. The van der Waals surface area contributed by atoms with E-state index in [4.69, 9.17) is 9.47 Å². The van der Waals surface area contributed by atoms with Crippen molar-refractivity contribution in [3.63, 3.8) is 0 Å². The number of hydrogen-bond donors (Lipinski definition) is 0. The standard InChI is InChI=1S/C15H18O4/c1-4-5-10(16)18-13-12-9-6-7-15(13,3)8(2)11(9)14(17)19-12/h4-9,11-13H,1-3H3/b5-4+/t8-,9-,11+,12+,13+,15+/m1/s1. The number of hydrogen-bond acceptors (Lipinski definition) is 4. The zero-order valence-electron chi connectivity index (χ0n) is 11.3. The Morgan fingerprint density at radius 3 is 2.95 bits per heavy atom. The van der Waals surface area contributed by atoms with Crippen LogP contribution < -0.4 is 0 Å². The second kappa shape index (κ2) is 3.95. The first-order valence-corrected chi connectivity index (χ1v) is 6.72. The van der Waals surface area contributed by atoms with Crippen molar-refractivity contribution < 1.29 is 19.1 Å². The van der Waals surface area contributed by atoms with E-state index in [-0.39, 0.29) is 47.3 Å². The van der Waals surface area contributed by atoms with E-state index in [1.54, 1.807) is 13.0 Å². The zero-order chi connectivity index (χ0) is 13.8. The first kappa shape index (κ1) is 12.5. The summed E-state index contributed by atoms with van der Waals surface area (Å²) in [4.78, 5) is 23.7. The second-order valence-electron chi connectivity index (χ2n) is 5.88. The summed E-state index contributed by atoms with van der Waals surface area (Å²) in [5, 5.41) is 0. The van der Waals surface area contributed by atoms with Crippen molar-refractivity contribution in [2.45, 2.75) is 33.0 Å². The van der Waals surface area contributed by atoms with Crippen LogP contribution in [0.3, 0.4) is 0 Å². The Bertz CT molecular complexity index is 492.